The van der Waals surface area contributed by atoms with Crippen LogP contribution in [0.3, 0.4) is 0 Å². The minimum Gasteiger partial charge on any atom is -0.468 e. The van der Waals surface area contributed by atoms with Gasteiger partial charge in [-0.25, -0.2) is 0 Å². The normalized spacial score (nSPS) is 13.6. The lowest BCUT2D eigenvalue weighted by molar-refractivity contribution is 0.267. The van der Waals surface area contributed by atoms with Gasteiger partial charge in [0.2, 0.25) is 0 Å². The second-order valence-electron chi connectivity index (χ2n) is 8.18. The molecule has 0 aliphatic carbocycles. The van der Waals surface area contributed by atoms with E-state index in [0.29, 0.717) is 12.3 Å². The van der Waals surface area contributed by atoms with Gasteiger partial charge in [0.25, 0.3) is 11.1 Å². The Balaban J connectivity index is 2.26. The maximum Gasteiger partial charge on any atom is 0.254 e. The molecule has 0 fully saturated rings. The molecule has 0 radical (unpaired) electrons. The summed E-state index contributed by atoms with van der Waals surface area (Å²) in [5, 5.41) is 2.00. The van der Waals surface area contributed by atoms with Crippen molar-refractivity contribution in [2.75, 3.05) is 0 Å². The molecule has 0 saturated carbocycles. The van der Waals surface area contributed by atoms with Crippen molar-refractivity contribution in [2.45, 2.75) is 47.9 Å². The zero-order chi connectivity index (χ0) is 18.1. The van der Waals surface area contributed by atoms with E-state index in [2.05, 4.69) is 26.8 Å². The molecule has 0 amide bonds. The fourth-order valence-corrected chi connectivity index (χ4v) is 3.70. The maximum absolute atomic E-state index is 12.7. The zero-order valence-corrected chi connectivity index (χ0v) is 15.3. The summed E-state index contributed by atoms with van der Waals surface area (Å²) in [6, 6.07) is 5.42. The van der Waals surface area contributed by atoms with E-state index in [-0.39, 0.29) is 23.3 Å². The first-order valence-electron chi connectivity index (χ1n) is 8.51. The second kappa shape index (κ2) is 4.97. The van der Waals surface area contributed by atoms with Gasteiger partial charge in [-0.2, -0.15) is 0 Å². The van der Waals surface area contributed by atoms with Crippen LogP contribution in [-0.4, -0.2) is 9.13 Å². The van der Waals surface area contributed by atoms with Gasteiger partial charge in [0.05, 0.1) is 11.0 Å². The average Bonchev–Trinajstić information content (AvgIpc) is 2.93. The van der Waals surface area contributed by atoms with Crippen molar-refractivity contribution >= 4 is 21.8 Å². The Labute approximate surface area is 145 Å². The van der Waals surface area contributed by atoms with Crippen LogP contribution in [0.4, 0.5) is 0 Å². The standard InChI is InChI=1S/C20H22N2O3/c1-11-6-15(23)21(9-20(3,4)5)17-13(11)8-14-12(2)7-16(24)22-10-25-19(17)18(14)22/h6-8H,9-10H2,1-5H3. The Kier molecular flexibility index (Phi) is 3.17. The molecule has 5 heteroatoms. The number of fused-ring (bicyclic) bond motifs is 2. The maximum atomic E-state index is 12.7. The highest BCUT2D eigenvalue weighted by Crippen LogP contribution is 2.39. The number of nitrogens with zero attached hydrogens (tertiary/aromatic N) is 2. The average molecular weight is 338 g/mol. The molecule has 0 spiro atoms. The molecule has 0 N–H and O–H groups in total. The molecule has 2 aromatic heterocycles. The van der Waals surface area contributed by atoms with Crippen LogP contribution in [0.25, 0.3) is 21.8 Å². The van der Waals surface area contributed by atoms with Gasteiger partial charge in [0.1, 0.15) is 0 Å². The zero-order valence-electron chi connectivity index (χ0n) is 15.3. The van der Waals surface area contributed by atoms with Crippen LogP contribution >= 0.6 is 0 Å². The minimum atomic E-state index is -0.0690. The number of ether oxygens (including phenoxy) is 1. The van der Waals surface area contributed by atoms with Gasteiger partial charge in [-0.15, -0.1) is 0 Å². The third-order valence-electron chi connectivity index (χ3n) is 4.80. The first-order valence-corrected chi connectivity index (χ1v) is 8.51. The summed E-state index contributed by atoms with van der Waals surface area (Å²) >= 11 is 0. The molecule has 1 aliphatic rings. The van der Waals surface area contributed by atoms with Gasteiger partial charge in [-0.05, 0) is 36.5 Å². The largest absolute Gasteiger partial charge is 0.468 e. The highest BCUT2D eigenvalue weighted by atomic mass is 16.5. The van der Waals surface area contributed by atoms with Crippen LogP contribution < -0.4 is 15.9 Å². The number of hydrogen-bond acceptors (Lipinski definition) is 3. The van der Waals surface area contributed by atoms with Gasteiger partial charge in [0, 0.05) is 29.4 Å². The summed E-state index contributed by atoms with van der Waals surface area (Å²) in [6.45, 7) is 11.0. The number of rotatable bonds is 1. The van der Waals surface area contributed by atoms with Crippen molar-refractivity contribution in [1.82, 2.24) is 9.13 Å². The Morgan fingerprint density at radius 3 is 2.20 bits per heavy atom. The van der Waals surface area contributed by atoms with Gasteiger partial charge in [-0.1, -0.05) is 20.8 Å². The SMILES string of the molecule is Cc1cc(=O)n2c3c(c4c(cc13)c(C)cc(=O)n4CC(C)(C)C)OC2. The van der Waals surface area contributed by atoms with Crippen LogP contribution in [0.15, 0.2) is 27.8 Å². The third-order valence-corrected chi connectivity index (χ3v) is 4.80. The Bertz CT molecular complexity index is 1160. The van der Waals surface area contributed by atoms with Gasteiger partial charge < -0.3 is 9.30 Å². The number of hydrogen-bond donors (Lipinski definition) is 0. The van der Waals surface area contributed by atoms with Crippen molar-refractivity contribution in [3.8, 4) is 5.75 Å². The topological polar surface area (TPSA) is 53.2 Å². The number of aryl methyl sites for hydroxylation is 2. The van der Waals surface area contributed by atoms with E-state index in [1.165, 1.54) is 0 Å². The summed E-state index contributed by atoms with van der Waals surface area (Å²) in [7, 11) is 0. The van der Waals surface area contributed by atoms with Crippen LogP contribution in [0.2, 0.25) is 0 Å². The molecule has 130 valence electrons. The van der Waals surface area contributed by atoms with E-state index < -0.39 is 0 Å². The van der Waals surface area contributed by atoms with Crippen LogP contribution in [-0.2, 0) is 13.3 Å². The summed E-state index contributed by atoms with van der Waals surface area (Å²) in [5.41, 5.74) is 3.29. The first kappa shape index (κ1) is 15.9. The van der Waals surface area contributed by atoms with E-state index in [0.717, 1.165) is 32.9 Å². The second-order valence-corrected chi connectivity index (χ2v) is 8.18. The highest BCUT2D eigenvalue weighted by molar-refractivity contribution is 6.05. The fourth-order valence-electron chi connectivity index (χ4n) is 3.70. The molecule has 3 aromatic rings. The number of benzene rings is 1. The molecule has 0 unspecified atom stereocenters. The fraction of sp³-hybridized carbons (Fsp3) is 0.400. The molecule has 1 aliphatic heterocycles. The minimum absolute atomic E-state index is 0.0347. The molecule has 1 aromatic carbocycles. The molecule has 0 atom stereocenters. The lowest BCUT2D eigenvalue weighted by Crippen LogP contribution is -2.27. The van der Waals surface area contributed by atoms with Crippen molar-refractivity contribution in [3.63, 3.8) is 0 Å². The summed E-state index contributed by atoms with van der Waals surface area (Å²) in [4.78, 5) is 25.0. The smallest absolute Gasteiger partial charge is 0.254 e. The quantitative estimate of drug-likeness (QED) is 0.640. The number of pyridine rings is 2. The van der Waals surface area contributed by atoms with Gasteiger partial charge in [-0.3, -0.25) is 14.2 Å². The predicted octanol–water partition coefficient (Wildman–Crippen LogP) is 3.33. The van der Waals surface area contributed by atoms with Crippen LogP contribution in [0.1, 0.15) is 31.9 Å². The summed E-state index contributed by atoms with van der Waals surface area (Å²) in [6.07, 6.45) is 0. The summed E-state index contributed by atoms with van der Waals surface area (Å²) < 4.78 is 9.37. The van der Waals surface area contributed by atoms with E-state index in [4.69, 9.17) is 4.74 Å². The monoisotopic (exact) mass is 338 g/mol. The predicted molar refractivity (Wildman–Crippen MR) is 99.5 cm³/mol. The van der Waals surface area contributed by atoms with Crippen molar-refractivity contribution in [1.29, 1.82) is 0 Å². The highest BCUT2D eigenvalue weighted by Gasteiger charge is 2.25. The van der Waals surface area contributed by atoms with Crippen molar-refractivity contribution < 1.29 is 4.74 Å². The van der Waals surface area contributed by atoms with Crippen LogP contribution in [0.5, 0.6) is 5.75 Å². The van der Waals surface area contributed by atoms with E-state index in [1.807, 2.05) is 13.8 Å². The lowest BCUT2D eigenvalue weighted by atomic mass is 9.95. The van der Waals surface area contributed by atoms with E-state index in [1.54, 1.807) is 21.3 Å². The van der Waals surface area contributed by atoms with Crippen LogP contribution in [0, 0.1) is 19.3 Å². The lowest BCUT2D eigenvalue weighted by Gasteiger charge is -2.23. The molecular formula is C20H22N2O3. The Morgan fingerprint density at radius 2 is 1.56 bits per heavy atom. The molecule has 0 saturated heterocycles. The first-order chi connectivity index (χ1) is 11.7. The molecule has 25 heavy (non-hydrogen) atoms. The molecule has 4 rings (SSSR count). The Hall–Kier alpha value is -2.56. The van der Waals surface area contributed by atoms with Crippen molar-refractivity contribution in [2.24, 2.45) is 5.41 Å². The van der Waals surface area contributed by atoms with E-state index >= 15 is 0 Å². The number of aromatic nitrogens is 2. The summed E-state index contributed by atoms with van der Waals surface area (Å²) in [5.74, 6) is 0.651. The molecular weight excluding hydrogens is 316 g/mol. The molecule has 3 heterocycles. The third kappa shape index (κ3) is 2.29. The Morgan fingerprint density at radius 1 is 0.960 bits per heavy atom. The molecule has 0 bridgehead atoms. The van der Waals surface area contributed by atoms with Gasteiger partial charge >= 0.3 is 0 Å². The van der Waals surface area contributed by atoms with Gasteiger partial charge in [0.15, 0.2) is 12.5 Å². The van der Waals surface area contributed by atoms with E-state index in [9.17, 15) is 9.59 Å². The van der Waals surface area contributed by atoms with Crippen molar-refractivity contribution in [3.05, 3.63) is 50.0 Å². The molecule has 5 nitrogen and oxygen atoms in total.